The SMILES string of the molecule is CS(=O)(=O)N(CC(=O)Nc1ccc2c(c1)OCCO2)c1cccc(Br)c1. The third kappa shape index (κ3) is 4.47. The molecule has 0 saturated heterocycles. The van der Waals surface area contributed by atoms with Crippen LogP contribution in [0.5, 0.6) is 11.5 Å². The van der Waals surface area contributed by atoms with Crippen molar-refractivity contribution in [2.24, 2.45) is 0 Å². The van der Waals surface area contributed by atoms with E-state index in [1.54, 1.807) is 42.5 Å². The van der Waals surface area contributed by atoms with Crippen LogP contribution in [0.4, 0.5) is 11.4 Å². The van der Waals surface area contributed by atoms with Gasteiger partial charge in [-0.3, -0.25) is 9.10 Å². The van der Waals surface area contributed by atoms with Crippen LogP contribution in [0.2, 0.25) is 0 Å². The fraction of sp³-hybridized carbons (Fsp3) is 0.235. The zero-order valence-corrected chi connectivity index (χ0v) is 16.3. The lowest BCUT2D eigenvalue weighted by Gasteiger charge is -2.22. The summed E-state index contributed by atoms with van der Waals surface area (Å²) in [5, 5.41) is 2.69. The third-order valence-corrected chi connectivity index (χ3v) is 5.24. The van der Waals surface area contributed by atoms with Crippen molar-refractivity contribution < 1.29 is 22.7 Å². The average molecular weight is 441 g/mol. The summed E-state index contributed by atoms with van der Waals surface area (Å²) in [5.74, 6) is 0.689. The van der Waals surface area contributed by atoms with Gasteiger partial charge in [0, 0.05) is 16.2 Å². The van der Waals surface area contributed by atoms with E-state index in [9.17, 15) is 13.2 Å². The van der Waals surface area contributed by atoms with Crippen molar-refractivity contribution in [1.29, 1.82) is 0 Å². The smallest absolute Gasteiger partial charge is 0.245 e. The largest absolute Gasteiger partial charge is 0.486 e. The molecule has 7 nitrogen and oxygen atoms in total. The summed E-state index contributed by atoms with van der Waals surface area (Å²) in [7, 11) is -3.63. The molecule has 2 aromatic carbocycles. The first-order valence-electron chi connectivity index (χ1n) is 7.76. The quantitative estimate of drug-likeness (QED) is 0.772. The third-order valence-electron chi connectivity index (χ3n) is 3.61. The zero-order chi connectivity index (χ0) is 18.7. The number of nitrogens with one attached hydrogen (secondary N) is 1. The van der Waals surface area contributed by atoms with Crippen LogP contribution in [0.15, 0.2) is 46.9 Å². The summed E-state index contributed by atoms with van der Waals surface area (Å²) in [5.41, 5.74) is 0.904. The van der Waals surface area contributed by atoms with Gasteiger partial charge in [0.1, 0.15) is 19.8 Å². The van der Waals surface area contributed by atoms with Crippen LogP contribution < -0.4 is 19.1 Å². The molecule has 0 saturated carbocycles. The summed E-state index contributed by atoms with van der Waals surface area (Å²) >= 11 is 3.30. The Morgan fingerprint density at radius 2 is 1.88 bits per heavy atom. The highest BCUT2D eigenvalue weighted by molar-refractivity contribution is 9.10. The number of carbonyl (C=O) groups excluding carboxylic acids is 1. The van der Waals surface area contributed by atoms with Gasteiger partial charge in [-0.25, -0.2) is 8.42 Å². The van der Waals surface area contributed by atoms with Gasteiger partial charge in [0.05, 0.1) is 11.9 Å². The monoisotopic (exact) mass is 440 g/mol. The minimum atomic E-state index is -3.63. The molecule has 0 unspecified atom stereocenters. The summed E-state index contributed by atoms with van der Waals surface area (Å²) < 4.78 is 36.9. The summed E-state index contributed by atoms with van der Waals surface area (Å²) in [6, 6.07) is 11.8. The van der Waals surface area contributed by atoms with Crippen molar-refractivity contribution in [2.75, 3.05) is 35.6 Å². The summed E-state index contributed by atoms with van der Waals surface area (Å²) in [6.07, 6.45) is 1.06. The number of sulfonamides is 1. The van der Waals surface area contributed by atoms with Crippen LogP contribution in [0.25, 0.3) is 0 Å². The Morgan fingerprint density at radius 1 is 1.15 bits per heavy atom. The van der Waals surface area contributed by atoms with E-state index >= 15 is 0 Å². The lowest BCUT2D eigenvalue weighted by Crippen LogP contribution is -2.37. The van der Waals surface area contributed by atoms with Crippen LogP contribution in [-0.4, -0.2) is 40.3 Å². The fourth-order valence-electron chi connectivity index (χ4n) is 2.48. The van der Waals surface area contributed by atoms with Crippen LogP contribution in [0.3, 0.4) is 0 Å². The molecule has 1 aliphatic heterocycles. The fourth-order valence-corrected chi connectivity index (χ4v) is 3.72. The Labute approximate surface area is 160 Å². The lowest BCUT2D eigenvalue weighted by molar-refractivity contribution is -0.114. The number of amides is 1. The highest BCUT2D eigenvalue weighted by atomic mass is 79.9. The number of anilines is 2. The van der Waals surface area contributed by atoms with E-state index in [0.29, 0.717) is 36.1 Å². The summed E-state index contributed by atoms with van der Waals surface area (Å²) in [6.45, 7) is 0.577. The van der Waals surface area contributed by atoms with E-state index in [2.05, 4.69) is 21.2 Å². The number of fused-ring (bicyclic) bond motifs is 1. The number of hydrogen-bond acceptors (Lipinski definition) is 5. The van der Waals surface area contributed by atoms with Crippen molar-refractivity contribution in [1.82, 2.24) is 0 Å². The molecule has 0 spiro atoms. The first-order chi connectivity index (χ1) is 12.3. The molecule has 0 bridgehead atoms. The Morgan fingerprint density at radius 3 is 2.58 bits per heavy atom. The topological polar surface area (TPSA) is 84.9 Å². The standard InChI is InChI=1S/C17H17BrN2O5S/c1-26(22,23)20(14-4-2-3-12(18)9-14)11-17(21)19-13-5-6-15-16(10-13)25-8-7-24-15/h2-6,9-10H,7-8,11H2,1H3,(H,19,21). The van der Waals surface area contributed by atoms with E-state index < -0.39 is 15.9 Å². The molecule has 1 amide bonds. The molecule has 0 aliphatic carbocycles. The minimum Gasteiger partial charge on any atom is -0.486 e. The van der Waals surface area contributed by atoms with Gasteiger partial charge in [0.25, 0.3) is 0 Å². The molecule has 3 rings (SSSR count). The van der Waals surface area contributed by atoms with Gasteiger partial charge < -0.3 is 14.8 Å². The first-order valence-corrected chi connectivity index (χ1v) is 10.4. The van der Waals surface area contributed by atoms with E-state index in [4.69, 9.17) is 9.47 Å². The number of benzene rings is 2. The van der Waals surface area contributed by atoms with Gasteiger partial charge in [-0.1, -0.05) is 22.0 Å². The molecule has 1 heterocycles. The highest BCUT2D eigenvalue weighted by Crippen LogP contribution is 2.32. The number of hydrogen-bond donors (Lipinski definition) is 1. The molecule has 1 N–H and O–H groups in total. The highest BCUT2D eigenvalue weighted by Gasteiger charge is 2.21. The van der Waals surface area contributed by atoms with Gasteiger partial charge in [-0.05, 0) is 30.3 Å². The molecule has 9 heteroatoms. The van der Waals surface area contributed by atoms with Gasteiger partial charge in [-0.2, -0.15) is 0 Å². The maximum atomic E-state index is 12.4. The number of rotatable bonds is 5. The Hall–Kier alpha value is -2.26. The predicted molar refractivity (Wildman–Crippen MR) is 102 cm³/mol. The molecule has 26 heavy (non-hydrogen) atoms. The van der Waals surface area contributed by atoms with Crippen molar-refractivity contribution in [3.8, 4) is 11.5 Å². The van der Waals surface area contributed by atoms with Crippen LogP contribution >= 0.6 is 15.9 Å². The second kappa shape index (κ2) is 7.55. The van der Waals surface area contributed by atoms with Gasteiger partial charge in [-0.15, -0.1) is 0 Å². The van der Waals surface area contributed by atoms with Gasteiger partial charge in [0.15, 0.2) is 11.5 Å². The first kappa shape index (κ1) is 18.5. The number of ether oxygens (including phenoxy) is 2. The zero-order valence-electron chi connectivity index (χ0n) is 13.9. The van der Waals surface area contributed by atoms with Crippen molar-refractivity contribution >= 4 is 43.2 Å². The molecular weight excluding hydrogens is 424 g/mol. The molecule has 2 aromatic rings. The molecule has 0 radical (unpaired) electrons. The average Bonchev–Trinajstić information content (AvgIpc) is 2.58. The molecular formula is C17H17BrN2O5S. The van der Waals surface area contributed by atoms with E-state index in [1.165, 1.54) is 0 Å². The second-order valence-corrected chi connectivity index (χ2v) is 8.48. The van der Waals surface area contributed by atoms with Crippen LogP contribution in [0, 0.1) is 0 Å². The van der Waals surface area contributed by atoms with Crippen molar-refractivity contribution in [3.05, 3.63) is 46.9 Å². The molecule has 1 aliphatic rings. The van der Waals surface area contributed by atoms with E-state index in [-0.39, 0.29) is 6.54 Å². The maximum Gasteiger partial charge on any atom is 0.245 e. The van der Waals surface area contributed by atoms with E-state index in [1.807, 2.05) is 0 Å². The van der Waals surface area contributed by atoms with Gasteiger partial charge in [0.2, 0.25) is 15.9 Å². The van der Waals surface area contributed by atoms with Gasteiger partial charge >= 0.3 is 0 Å². The minimum absolute atomic E-state index is 0.344. The number of halogens is 1. The van der Waals surface area contributed by atoms with Crippen molar-refractivity contribution in [2.45, 2.75) is 0 Å². The predicted octanol–water partition coefficient (Wildman–Crippen LogP) is 2.62. The number of nitrogens with zero attached hydrogens (tertiary/aromatic N) is 1. The molecule has 0 aromatic heterocycles. The van der Waals surface area contributed by atoms with Crippen LogP contribution in [0.1, 0.15) is 0 Å². The molecule has 138 valence electrons. The lowest BCUT2D eigenvalue weighted by atomic mass is 10.2. The normalized spacial score (nSPS) is 13.2. The van der Waals surface area contributed by atoms with E-state index in [0.717, 1.165) is 15.0 Å². The number of carbonyl (C=O) groups is 1. The Bertz CT molecular complexity index is 933. The Kier molecular flexibility index (Phi) is 5.38. The molecule has 0 atom stereocenters. The summed E-state index contributed by atoms with van der Waals surface area (Å²) in [4.78, 5) is 12.4. The second-order valence-electron chi connectivity index (χ2n) is 5.66. The molecule has 0 fully saturated rings. The maximum absolute atomic E-state index is 12.4. The Balaban J connectivity index is 1.76. The van der Waals surface area contributed by atoms with Crippen molar-refractivity contribution in [3.63, 3.8) is 0 Å². The van der Waals surface area contributed by atoms with Crippen LogP contribution in [-0.2, 0) is 14.8 Å².